The second-order valence-corrected chi connectivity index (χ2v) is 9.53. The van der Waals surface area contributed by atoms with Crippen molar-refractivity contribution in [1.82, 2.24) is 4.98 Å². The van der Waals surface area contributed by atoms with E-state index in [1.165, 1.54) is 64.2 Å². The predicted molar refractivity (Wildman–Crippen MR) is 133 cm³/mol. The first-order chi connectivity index (χ1) is 14.8. The fourth-order valence-electron chi connectivity index (χ4n) is 3.78. The Balaban J connectivity index is 1.90. The monoisotopic (exact) mass is 428 g/mol. The van der Waals surface area contributed by atoms with Gasteiger partial charge in [-0.25, -0.2) is 0 Å². The van der Waals surface area contributed by atoms with Crippen molar-refractivity contribution in [3.8, 4) is 0 Å². The Morgan fingerprint density at radius 3 is 2.40 bits per heavy atom. The average molecular weight is 429 g/mol. The summed E-state index contributed by atoms with van der Waals surface area (Å²) in [5.74, 6) is 1.24. The summed E-state index contributed by atoms with van der Waals surface area (Å²) in [6.07, 6.45) is 18.6. The first-order valence-corrected chi connectivity index (χ1v) is 13.1. The lowest BCUT2D eigenvalue weighted by Crippen LogP contribution is -2.25. The Morgan fingerprint density at radius 2 is 1.63 bits per heavy atom. The number of pyridine rings is 1. The van der Waals surface area contributed by atoms with Crippen LogP contribution in [-0.2, 0) is 4.79 Å². The Hall–Kier alpha value is -1.55. The van der Waals surface area contributed by atoms with Gasteiger partial charge in [-0.05, 0) is 30.7 Å². The number of anilines is 1. The third kappa shape index (κ3) is 9.07. The zero-order chi connectivity index (χ0) is 21.4. The third-order valence-corrected chi connectivity index (χ3v) is 6.99. The smallest absolute Gasteiger partial charge is 0.237 e. The number of carbonyl (C=O) groups excluding carboxylic acids is 1. The summed E-state index contributed by atoms with van der Waals surface area (Å²) in [7, 11) is 0. The minimum Gasteiger partial charge on any atom is -0.325 e. The van der Waals surface area contributed by atoms with E-state index in [0.717, 1.165) is 35.1 Å². The number of carbonyl (C=O) groups is 1. The third-order valence-electron chi connectivity index (χ3n) is 5.62. The largest absolute Gasteiger partial charge is 0.325 e. The van der Waals surface area contributed by atoms with Gasteiger partial charge in [0.1, 0.15) is 0 Å². The second kappa shape index (κ2) is 15.3. The van der Waals surface area contributed by atoms with E-state index in [9.17, 15) is 4.79 Å². The van der Waals surface area contributed by atoms with Gasteiger partial charge in [0.05, 0.1) is 5.25 Å². The van der Waals surface area contributed by atoms with Crippen LogP contribution in [0.2, 0.25) is 0 Å². The van der Waals surface area contributed by atoms with Gasteiger partial charge in [0, 0.05) is 28.9 Å². The van der Waals surface area contributed by atoms with E-state index in [1.54, 1.807) is 6.20 Å². The van der Waals surface area contributed by atoms with Gasteiger partial charge in [0.15, 0.2) is 0 Å². The highest BCUT2D eigenvalue weighted by molar-refractivity contribution is 8.00. The molecule has 3 nitrogen and oxygen atoms in total. The molecule has 4 heteroatoms. The number of thioether (sulfide) groups is 1. The number of nitrogens with one attached hydrogen (secondary N) is 1. The van der Waals surface area contributed by atoms with Gasteiger partial charge in [-0.3, -0.25) is 9.78 Å². The number of nitrogens with zero attached hydrogens (tertiary/aromatic N) is 1. The van der Waals surface area contributed by atoms with Crippen LogP contribution in [0.5, 0.6) is 0 Å². The van der Waals surface area contributed by atoms with Gasteiger partial charge < -0.3 is 5.32 Å². The van der Waals surface area contributed by atoms with Crippen molar-refractivity contribution in [3.05, 3.63) is 36.7 Å². The van der Waals surface area contributed by atoms with Gasteiger partial charge in [-0.2, -0.15) is 0 Å². The molecule has 0 spiro atoms. The highest BCUT2D eigenvalue weighted by Gasteiger charge is 2.19. The van der Waals surface area contributed by atoms with E-state index in [4.69, 9.17) is 0 Å². The van der Waals surface area contributed by atoms with Crippen LogP contribution in [0.3, 0.4) is 0 Å². The minimum absolute atomic E-state index is 0.0412. The Bertz CT molecular complexity index is 713. The van der Waals surface area contributed by atoms with Crippen LogP contribution in [0.15, 0.2) is 36.7 Å². The highest BCUT2D eigenvalue weighted by atomic mass is 32.2. The number of rotatable bonds is 16. The average Bonchev–Trinajstić information content (AvgIpc) is 2.77. The standard InChI is InChI=1S/C26H40N2OS/c1-3-5-7-9-10-12-17-25(30-20-13-11-8-6-4-2)26(29)28-24-16-14-15-22-21-27-19-18-23(22)24/h14-16,18-19,21,25H,3-13,17,20H2,1-2H3,(H,28,29). The van der Waals surface area contributed by atoms with Crippen molar-refractivity contribution in [2.75, 3.05) is 11.1 Å². The molecule has 1 heterocycles. The van der Waals surface area contributed by atoms with E-state index in [0.29, 0.717) is 0 Å². The fourth-order valence-corrected chi connectivity index (χ4v) is 4.98. The molecule has 0 aliphatic carbocycles. The van der Waals surface area contributed by atoms with Gasteiger partial charge in [-0.1, -0.05) is 90.2 Å². The lowest BCUT2D eigenvalue weighted by Gasteiger charge is -2.17. The molecule has 1 aromatic carbocycles. The van der Waals surface area contributed by atoms with Crippen molar-refractivity contribution >= 4 is 34.1 Å². The van der Waals surface area contributed by atoms with E-state index >= 15 is 0 Å². The molecule has 1 unspecified atom stereocenters. The zero-order valence-corrected chi connectivity index (χ0v) is 19.8. The summed E-state index contributed by atoms with van der Waals surface area (Å²) in [5, 5.41) is 5.38. The molecule has 166 valence electrons. The molecule has 1 aromatic heterocycles. The van der Waals surface area contributed by atoms with Crippen LogP contribution in [0.1, 0.15) is 90.9 Å². The summed E-state index contributed by atoms with van der Waals surface area (Å²) in [6.45, 7) is 4.50. The maximum absolute atomic E-state index is 13.1. The van der Waals surface area contributed by atoms with Crippen LogP contribution in [-0.4, -0.2) is 21.9 Å². The van der Waals surface area contributed by atoms with Crippen molar-refractivity contribution < 1.29 is 4.79 Å². The first kappa shape index (κ1) is 24.7. The maximum atomic E-state index is 13.1. The van der Waals surface area contributed by atoms with Crippen LogP contribution in [0, 0.1) is 0 Å². The Morgan fingerprint density at radius 1 is 0.933 bits per heavy atom. The van der Waals surface area contributed by atoms with Gasteiger partial charge in [-0.15, -0.1) is 11.8 Å². The minimum atomic E-state index is 0.0412. The Labute approximate surface area is 187 Å². The molecule has 0 fully saturated rings. The molecule has 0 saturated carbocycles. The van der Waals surface area contributed by atoms with Crippen molar-refractivity contribution in [1.29, 1.82) is 0 Å². The van der Waals surface area contributed by atoms with Crippen molar-refractivity contribution in [2.45, 2.75) is 96.1 Å². The van der Waals surface area contributed by atoms with Gasteiger partial charge in [0.2, 0.25) is 5.91 Å². The number of unbranched alkanes of at least 4 members (excludes halogenated alkanes) is 9. The number of aromatic nitrogens is 1. The van der Waals surface area contributed by atoms with Crippen LogP contribution in [0.4, 0.5) is 5.69 Å². The molecule has 0 aliphatic rings. The maximum Gasteiger partial charge on any atom is 0.237 e. The molecule has 0 saturated heterocycles. The van der Waals surface area contributed by atoms with Crippen LogP contribution < -0.4 is 5.32 Å². The second-order valence-electron chi connectivity index (χ2n) is 8.22. The Kier molecular flexibility index (Phi) is 12.6. The molecule has 1 atom stereocenters. The summed E-state index contributed by atoms with van der Waals surface area (Å²) < 4.78 is 0. The fraction of sp³-hybridized carbons (Fsp3) is 0.615. The first-order valence-electron chi connectivity index (χ1n) is 12.0. The van der Waals surface area contributed by atoms with E-state index < -0.39 is 0 Å². The van der Waals surface area contributed by atoms with Crippen LogP contribution >= 0.6 is 11.8 Å². The summed E-state index contributed by atoms with van der Waals surface area (Å²) in [6, 6.07) is 8.01. The lowest BCUT2D eigenvalue weighted by atomic mass is 10.1. The summed E-state index contributed by atoms with van der Waals surface area (Å²) in [4.78, 5) is 17.3. The summed E-state index contributed by atoms with van der Waals surface area (Å²) >= 11 is 1.86. The number of hydrogen-bond donors (Lipinski definition) is 1. The normalized spacial score (nSPS) is 12.2. The number of amides is 1. The highest BCUT2D eigenvalue weighted by Crippen LogP contribution is 2.26. The van der Waals surface area contributed by atoms with E-state index in [-0.39, 0.29) is 11.2 Å². The number of hydrogen-bond acceptors (Lipinski definition) is 3. The zero-order valence-electron chi connectivity index (χ0n) is 19.0. The molecular weight excluding hydrogens is 388 g/mol. The molecule has 1 N–H and O–H groups in total. The van der Waals surface area contributed by atoms with E-state index in [2.05, 4.69) is 24.1 Å². The molecule has 1 amide bonds. The van der Waals surface area contributed by atoms with Crippen molar-refractivity contribution in [3.63, 3.8) is 0 Å². The predicted octanol–water partition coefficient (Wildman–Crippen LogP) is 8.00. The van der Waals surface area contributed by atoms with Gasteiger partial charge >= 0.3 is 0 Å². The van der Waals surface area contributed by atoms with E-state index in [1.807, 2.05) is 42.2 Å². The summed E-state index contributed by atoms with van der Waals surface area (Å²) in [5.41, 5.74) is 0.899. The molecule has 0 radical (unpaired) electrons. The molecule has 0 bridgehead atoms. The molecule has 2 aromatic rings. The lowest BCUT2D eigenvalue weighted by molar-refractivity contribution is -0.115. The SMILES string of the molecule is CCCCCCCCC(SCCCCCCC)C(=O)Nc1cccc2cnccc12. The molecule has 30 heavy (non-hydrogen) atoms. The topological polar surface area (TPSA) is 42.0 Å². The quantitative estimate of drug-likeness (QED) is 0.275. The van der Waals surface area contributed by atoms with Gasteiger partial charge in [0.25, 0.3) is 0 Å². The van der Waals surface area contributed by atoms with Crippen LogP contribution in [0.25, 0.3) is 10.8 Å². The molecular formula is C26H40N2OS. The molecule has 0 aliphatic heterocycles. The molecule has 2 rings (SSSR count). The number of fused-ring (bicyclic) bond motifs is 1. The number of benzene rings is 1. The van der Waals surface area contributed by atoms with Crippen molar-refractivity contribution in [2.24, 2.45) is 0 Å².